The first-order valence-electron chi connectivity index (χ1n) is 8.55. The summed E-state index contributed by atoms with van der Waals surface area (Å²) in [4.78, 5) is 14.5. The van der Waals surface area contributed by atoms with Crippen molar-refractivity contribution in [3.05, 3.63) is 46.5 Å². The number of thiazole rings is 1. The molecule has 1 fully saturated rings. The molecular formula is C18H22N3O3S3+. The number of nitrogens with zero attached hydrogens (tertiary/aromatic N) is 2. The van der Waals surface area contributed by atoms with Crippen molar-refractivity contribution in [1.82, 2.24) is 9.62 Å². The SMILES string of the molecule is CCN1CCS/C1=C\C=C\c1sc2ccccc2[n+]1CC(=O)NS(C)(=O)=O. The Labute approximate surface area is 167 Å². The lowest BCUT2D eigenvalue weighted by molar-refractivity contribution is -0.655. The Balaban J connectivity index is 1.89. The molecule has 27 heavy (non-hydrogen) atoms. The third-order valence-electron chi connectivity index (χ3n) is 4.02. The number of aromatic nitrogens is 1. The van der Waals surface area contributed by atoms with E-state index in [-0.39, 0.29) is 6.54 Å². The van der Waals surface area contributed by atoms with Crippen LogP contribution in [-0.2, 0) is 21.4 Å². The van der Waals surface area contributed by atoms with Gasteiger partial charge in [0, 0.05) is 31.0 Å². The number of fused-ring (bicyclic) bond motifs is 1. The molecule has 2 heterocycles. The molecule has 0 saturated carbocycles. The molecule has 0 spiro atoms. The molecule has 0 aliphatic carbocycles. The quantitative estimate of drug-likeness (QED) is 0.720. The summed E-state index contributed by atoms with van der Waals surface area (Å²) in [7, 11) is -3.58. The summed E-state index contributed by atoms with van der Waals surface area (Å²) in [5.74, 6) is 0.546. The van der Waals surface area contributed by atoms with Crippen LogP contribution in [0.5, 0.6) is 0 Å². The maximum Gasteiger partial charge on any atom is 0.299 e. The van der Waals surface area contributed by atoms with Crippen LogP contribution < -0.4 is 9.29 Å². The van der Waals surface area contributed by atoms with Crippen LogP contribution in [0, 0.1) is 0 Å². The zero-order valence-corrected chi connectivity index (χ0v) is 17.7. The molecule has 6 nitrogen and oxygen atoms in total. The number of carbonyl (C=O) groups is 1. The van der Waals surface area contributed by atoms with Gasteiger partial charge in [0.15, 0.2) is 0 Å². The fourth-order valence-corrected chi connectivity index (χ4v) is 5.52. The highest BCUT2D eigenvalue weighted by molar-refractivity contribution is 8.03. The van der Waals surface area contributed by atoms with E-state index in [2.05, 4.69) is 17.9 Å². The molecule has 1 aromatic heterocycles. The van der Waals surface area contributed by atoms with Crippen molar-refractivity contribution < 1.29 is 17.8 Å². The van der Waals surface area contributed by atoms with Gasteiger partial charge in [-0.25, -0.2) is 13.1 Å². The first kappa shape index (κ1) is 19.9. The van der Waals surface area contributed by atoms with E-state index in [1.165, 1.54) is 5.03 Å². The zero-order chi connectivity index (χ0) is 19.4. The first-order valence-corrected chi connectivity index (χ1v) is 12.2. The van der Waals surface area contributed by atoms with Crippen LogP contribution in [0.4, 0.5) is 0 Å². The minimum Gasteiger partial charge on any atom is -0.366 e. The summed E-state index contributed by atoms with van der Waals surface area (Å²) in [5.41, 5.74) is 0.906. The summed E-state index contributed by atoms with van der Waals surface area (Å²) in [5, 5.41) is 2.14. The Morgan fingerprint density at radius 3 is 2.89 bits per heavy atom. The van der Waals surface area contributed by atoms with Crippen LogP contribution in [0.1, 0.15) is 11.9 Å². The Kier molecular flexibility index (Phi) is 6.23. The predicted molar refractivity (Wildman–Crippen MR) is 112 cm³/mol. The minimum absolute atomic E-state index is 0.0524. The minimum atomic E-state index is -3.58. The molecule has 1 saturated heterocycles. The van der Waals surface area contributed by atoms with Gasteiger partial charge in [-0.2, -0.15) is 4.57 Å². The van der Waals surface area contributed by atoms with Crippen molar-refractivity contribution in [2.45, 2.75) is 13.5 Å². The molecule has 2 aromatic rings. The van der Waals surface area contributed by atoms with Crippen LogP contribution in [0.2, 0.25) is 0 Å². The molecule has 144 valence electrons. The molecule has 0 bridgehead atoms. The molecule has 1 aliphatic heterocycles. The molecule has 9 heteroatoms. The predicted octanol–water partition coefficient (Wildman–Crippen LogP) is 2.19. The second-order valence-corrected chi connectivity index (χ2v) is 10.0. The van der Waals surface area contributed by atoms with Gasteiger partial charge in [0.25, 0.3) is 10.9 Å². The average molecular weight is 425 g/mol. The third-order valence-corrected chi connectivity index (χ3v) is 6.83. The van der Waals surface area contributed by atoms with Gasteiger partial charge in [0.1, 0.15) is 4.70 Å². The van der Waals surface area contributed by atoms with E-state index in [4.69, 9.17) is 0 Å². The molecular weight excluding hydrogens is 402 g/mol. The number of para-hydroxylation sites is 1. The van der Waals surface area contributed by atoms with Gasteiger partial charge in [-0.05, 0) is 19.1 Å². The highest BCUT2D eigenvalue weighted by Crippen LogP contribution is 2.27. The van der Waals surface area contributed by atoms with Crippen LogP contribution >= 0.6 is 23.1 Å². The molecule has 0 atom stereocenters. The summed E-state index contributed by atoms with van der Waals surface area (Å²) in [6, 6.07) is 7.78. The molecule has 1 aromatic carbocycles. The molecule has 1 aliphatic rings. The van der Waals surface area contributed by atoms with Crippen LogP contribution in [0.25, 0.3) is 16.3 Å². The third kappa shape index (κ3) is 5.12. The second-order valence-electron chi connectivity index (χ2n) is 6.08. The maximum absolute atomic E-state index is 12.1. The van der Waals surface area contributed by atoms with E-state index in [0.717, 1.165) is 40.3 Å². The summed E-state index contributed by atoms with van der Waals surface area (Å²) in [6.07, 6.45) is 7.03. The van der Waals surface area contributed by atoms with Crippen LogP contribution in [0.3, 0.4) is 0 Å². The number of amides is 1. The van der Waals surface area contributed by atoms with Crippen molar-refractivity contribution in [3.8, 4) is 0 Å². The van der Waals surface area contributed by atoms with Gasteiger partial charge in [-0.15, -0.1) is 11.8 Å². The van der Waals surface area contributed by atoms with Gasteiger partial charge >= 0.3 is 0 Å². The highest BCUT2D eigenvalue weighted by Gasteiger charge is 2.23. The Morgan fingerprint density at radius 2 is 2.15 bits per heavy atom. The maximum atomic E-state index is 12.1. The molecule has 1 N–H and O–H groups in total. The number of hydrogen-bond acceptors (Lipinski definition) is 6. The van der Waals surface area contributed by atoms with E-state index < -0.39 is 15.9 Å². The van der Waals surface area contributed by atoms with Crippen molar-refractivity contribution in [1.29, 1.82) is 0 Å². The summed E-state index contributed by atoms with van der Waals surface area (Å²) in [6.45, 7) is 4.14. The second kappa shape index (κ2) is 8.45. The van der Waals surface area contributed by atoms with E-state index >= 15 is 0 Å². The number of sulfonamides is 1. The standard InChI is InChI=1S/C18H21N3O3S3/c1-3-20-11-12-25-17(20)9-6-10-18-21(13-16(22)19-27(2,23)24)14-7-4-5-8-15(14)26-18/h4-10H,3,11-13H2,1-2H3/p+1. The van der Waals surface area contributed by atoms with Crippen LogP contribution in [0.15, 0.2) is 41.4 Å². The largest absolute Gasteiger partial charge is 0.366 e. The zero-order valence-electron chi connectivity index (χ0n) is 15.2. The van der Waals surface area contributed by atoms with Crippen molar-refractivity contribution in [3.63, 3.8) is 0 Å². The van der Waals surface area contributed by atoms with Crippen molar-refractivity contribution in [2.24, 2.45) is 0 Å². The van der Waals surface area contributed by atoms with E-state index in [1.54, 1.807) is 11.3 Å². The monoisotopic (exact) mass is 424 g/mol. The number of allylic oxidation sites excluding steroid dienone is 2. The van der Waals surface area contributed by atoms with Crippen molar-refractivity contribution in [2.75, 3.05) is 25.1 Å². The summed E-state index contributed by atoms with van der Waals surface area (Å²) >= 11 is 3.41. The average Bonchev–Trinajstić information content (AvgIpc) is 3.18. The number of thioether (sulfide) groups is 1. The number of carbonyl (C=O) groups excluding carboxylic acids is 1. The first-order chi connectivity index (χ1) is 12.9. The van der Waals surface area contributed by atoms with Gasteiger partial charge in [-0.3, -0.25) is 4.79 Å². The lowest BCUT2D eigenvalue weighted by Crippen LogP contribution is -2.45. The molecule has 3 rings (SSSR count). The number of benzene rings is 1. The van der Waals surface area contributed by atoms with E-state index in [9.17, 15) is 13.2 Å². The summed E-state index contributed by atoms with van der Waals surface area (Å²) < 4.78 is 27.6. The Hall–Kier alpha value is -1.84. The lowest BCUT2D eigenvalue weighted by atomic mass is 10.3. The topological polar surface area (TPSA) is 70.4 Å². The number of rotatable bonds is 6. The fourth-order valence-electron chi connectivity index (χ4n) is 2.86. The molecule has 0 radical (unpaired) electrons. The lowest BCUT2D eigenvalue weighted by Gasteiger charge is -2.14. The van der Waals surface area contributed by atoms with Crippen LogP contribution in [-0.4, -0.2) is 44.3 Å². The van der Waals surface area contributed by atoms with Gasteiger partial charge in [-0.1, -0.05) is 29.5 Å². The van der Waals surface area contributed by atoms with Crippen molar-refractivity contribution >= 4 is 55.3 Å². The number of nitrogens with one attached hydrogen (secondary N) is 1. The Bertz CT molecular complexity index is 1010. The normalized spacial score (nSPS) is 16.7. The van der Waals surface area contributed by atoms with Gasteiger partial charge in [0.05, 0.1) is 11.3 Å². The van der Waals surface area contributed by atoms with Gasteiger partial charge in [0.2, 0.25) is 22.1 Å². The number of hydrogen-bond donors (Lipinski definition) is 1. The highest BCUT2D eigenvalue weighted by atomic mass is 32.2. The fraction of sp³-hybridized carbons (Fsp3) is 0.333. The molecule has 0 unspecified atom stereocenters. The van der Waals surface area contributed by atoms with E-state index in [1.807, 2.05) is 57.5 Å². The van der Waals surface area contributed by atoms with E-state index in [0.29, 0.717) is 0 Å². The van der Waals surface area contributed by atoms with Gasteiger partial charge < -0.3 is 4.90 Å². The molecule has 1 amide bonds. The Morgan fingerprint density at radius 1 is 1.37 bits per heavy atom. The smallest absolute Gasteiger partial charge is 0.299 e.